The molecule has 10 heteroatoms. The molecule has 168 valence electrons. The lowest BCUT2D eigenvalue weighted by Gasteiger charge is -2.39. The first-order chi connectivity index (χ1) is 15.3. The second-order valence-electron chi connectivity index (χ2n) is 7.56. The third-order valence-corrected chi connectivity index (χ3v) is 5.57. The van der Waals surface area contributed by atoms with E-state index < -0.39 is 11.7 Å². The second kappa shape index (κ2) is 9.20. The number of benzene rings is 2. The minimum absolute atomic E-state index is 0.0179. The molecule has 1 fully saturated rings. The Bertz CT molecular complexity index is 1080. The molecule has 1 aliphatic heterocycles. The molecule has 32 heavy (non-hydrogen) atoms. The third-order valence-electron chi connectivity index (χ3n) is 5.24. The van der Waals surface area contributed by atoms with Gasteiger partial charge in [-0.1, -0.05) is 41.1 Å². The molecule has 4 rings (SSSR count). The summed E-state index contributed by atoms with van der Waals surface area (Å²) in [5.74, 6) is 0.628. The van der Waals surface area contributed by atoms with Crippen LogP contribution in [0.15, 0.2) is 54.7 Å². The van der Waals surface area contributed by atoms with Crippen molar-refractivity contribution in [3.63, 3.8) is 0 Å². The molecule has 0 bridgehead atoms. The fraction of sp³-hybridized carbons (Fsp3) is 0.318. The Labute approximate surface area is 187 Å². The fourth-order valence-corrected chi connectivity index (χ4v) is 3.64. The van der Waals surface area contributed by atoms with Crippen LogP contribution >= 0.6 is 11.6 Å². The number of amides is 1. The van der Waals surface area contributed by atoms with Gasteiger partial charge in [0.1, 0.15) is 18.1 Å². The number of nitrogens with zero attached hydrogens (tertiary/aromatic N) is 4. The van der Waals surface area contributed by atoms with Crippen molar-refractivity contribution >= 4 is 17.5 Å². The van der Waals surface area contributed by atoms with E-state index in [1.807, 2.05) is 30.3 Å². The molecule has 2 aromatic carbocycles. The SMILES string of the molecule is O=C(CCc1ccc(Cl)c(C(F)(F)F)c1)N1CC(n2cc(COc3ccccc3)nn2)C1. The Balaban J connectivity index is 1.24. The van der Waals surface area contributed by atoms with E-state index in [1.165, 1.54) is 12.1 Å². The molecule has 0 aliphatic carbocycles. The van der Waals surface area contributed by atoms with Crippen LogP contribution < -0.4 is 4.74 Å². The first-order valence-electron chi connectivity index (χ1n) is 10.0. The van der Waals surface area contributed by atoms with Gasteiger partial charge in [-0.2, -0.15) is 13.2 Å². The molecular formula is C22H20ClF3N4O2. The molecular weight excluding hydrogens is 445 g/mol. The summed E-state index contributed by atoms with van der Waals surface area (Å²) in [6, 6.07) is 13.1. The van der Waals surface area contributed by atoms with Crippen LogP contribution in [0.4, 0.5) is 13.2 Å². The molecule has 0 radical (unpaired) electrons. The minimum Gasteiger partial charge on any atom is -0.487 e. The molecule has 1 saturated heterocycles. The molecule has 0 spiro atoms. The fourth-order valence-electron chi connectivity index (χ4n) is 3.41. The van der Waals surface area contributed by atoms with Crippen molar-refractivity contribution in [1.82, 2.24) is 19.9 Å². The summed E-state index contributed by atoms with van der Waals surface area (Å²) < 4.78 is 46.3. The molecule has 6 nitrogen and oxygen atoms in total. The number of likely N-dealkylation sites (tertiary alicyclic amines) is 1. The number of hydrogen-bond donors (Lipinski definition) is 0. The van der Waals surface area contributed by atoms with Gasteiger partial charge in [0.2, 0.25) is 5.91 Å². The highest BCUT2D eigenvalue weighted by Gasteiger charge is 2.34. The van der Waals surface area contributed by atoms with E-state index in [2.05, 4.69) is 10.3 Å². The molecule has 0 saturated carbocycles. The van der Waals surface area contributed by atoms with Gasteiger partial charge in [-0.05, 0) is 36.2 Å². The molecule has 0 unspecified atom stereocenters. The highest BCUT2D eigenvalue weighted by molar-refractivity contribution is 6.31. The van der Waals surface area contributed by atoms with Crippen molar-refractivity contribution in [3.05, 3.63) is 76.6 Å². The zero-order valence-corrected chi connectivity index (χ0v) is 17.7. The Hall–Kier alpha value is -3.07. The first-order valence-corrected chi connectivity index (χ1v) is 10.4. The standard InChI is InChI=1S/C22H20ClF3N4O2/c23-20-8-6-15(10-19(20)22(24,25)26)7-9-21(31)29-12-17(13-29)30-11-16(27-28-30)14-32-18-4-2-1-3-5-18/h1-6,8,10-11,17H,7,9,12-14H2. The topological polar surface area (TPSA) is 60.2 Å². The van der Waals surface area contributed by atoms with E-state index in [9.17, 15) is 18.0 Å². The number of alkyl halides is 3. The molecule has 2 heterocycles. The van der Waals surface area contributed by atoms with Crippen molar-refractivity contribution in [2.75, 3.05) is 13.1 Å². The molecule has 1 aromatic heterocycles. The smallest absolute Gasteiger partial charge is 0.417 e. The maximum atomic E-state index is 13.0. The van der Waals surface area contributed by atoms with Gasteiger partial charge in [0.15, 0.2) is 0 Å². The van der Waals surface area contributed by atoms with Crippen molar-refractivity contribution in [1.29, 1.82) is 0 Å². The highest BCUT2D eigenvalue weighted by Crippen LogP contribution is 2.35. The first kappa shape index (κ1) is 22.1. The number of hydrogen-bond acceptors (Lipinski definition) is 4. The Morgan fingerprint density at radius 1 is 1.16 bits per heavy atom. The molecule has 3 aromatic rings. The van der Waals surface area contributed by atoms with Crippen LogP contribution in [0.5, 0.6) is 5.75 Å². The zero-order chi connectivity index (χ0) is 22.7. The van der Waals surface area contributed by atoms with Crippen molar-refractivity contribution in [2.45, 2.75) is 31.7 Å². The van der Waals surface area contributed by atoms with Crippen LogP contribution in [0.1, 0.15) is 29.3 Å². The lowest BCUT2D eigenvalue weighted by molar-refractivity contribution is -0.137. The van der Waals surface area contributed by atoms with Crippen LogP contribution in [-0.4, -0.2) is 38.9 Å². The summed E-state index contributed by atoms with van der Waals surface area (Å²) in [7, 11) is 0. The van der Waals surface area contributed by atoms with Crippen LogP contribution in [-0.2, 0) is 24.0 Å². The van der Waals surface area contributed by atoms with Crippen LogP contribution in [0.25, 0.3) is 0 Å². The summed E-state index contributed by atoms with van der Waals surface area (Å²) in [6.45, 7) is 1.26. The van der Waals surface area contributed by atoms with Crippen LogP contribution in [0.3, 0.4) is 0 Å². The monoisotopic (exact) mass is 464 g/mol. The summed E-state index contributed by atoms with van der Waals surface area (Å²) in [5.41, 5.74) is 0.222. The van der Waals surface area contributed by atoms with Crippen molar-refractivity contribution < 1.29 is 22.7 Å². The van der Waals surface area contributed by atoms with E-state index in [4.69, 9.17) is 16.3 Å². The number of carbonyl (C=O) groups excluding carboxylic acids is 1. The van der Waals surface area contributed by atoms with Gasteiger partial charge < -0.3 is 9.64 Å². The number of aryl methyl sites for hydroxylation is 1. The lowest BCUT2D eigenvalue weighted by atomic mass is 10.0. The van der Waals surface area contributed by atoms with Gasteiger partial charge in [-0.15, -0.1) is 5.10 Å². The number of halogens is 4. The van der Waals surface area contributed by atoms with Crippen LogP contribution in [0.2, 0.25) is 5.02 Å². The van der Waals surface area contributed by atoms with E-state index in [0.29, 0.717) is 31.0 Å². The Kier molecular flexibility index (Phi) is 6.36. The molecule has 1 amide bonds. The Morgan fingerprint density at radius 3 is 2.62 bits per heavy atom. The van der Waals surface area contributed by atoms with Gasteiger partial charge in [-0.25, -0.2) is 4.68 Å². The average Bonchev–Trinajstić information content (AvgIpc) is 3.19. The normalized spacial score (nSPS) is 14.3. The van der Waals surface area contributed by atoms with E-state index in [0.717, 1.165) is 11.8 Å². The summed E-state index contributed by atoms with van der Waals surface area (Å²) in [5, 5.41) is 7.86. The van der Waals surface area contributed by atoms with E-state index in [1.54, 1.807) is 15.8 Å². The molecule has 0 atom stereocenters. The number of carbonyl (C=O) groups is 1. The van der Waals surface area contributed by atoms with E-state index >= 15 is 0 Å². The van der Waals surface area contributed by atoms with Crippen molar-refractivity contribution in [2.24, 2.45) is 0 Å². The predicted molar refractivity (Wildman–Crippen MR) is 111 cm³/mol. The van der Waals surface area contributed by atoms with Gasteiger partial charge >= 0.3 is 6.18 Å². The summed E-state index contributed by atoms with van der Waals surface area (Å²) >= 11 is 5.64. The highest BCUT2D eigenvalue weighted by atomic mass is 35.5. The van der Waals surface area contributed by atoms with Crippen molar-refractivity contribution in [3.8, 4) is 5.75 Å². The third kappa shape index (κ3) is 5.21. The van der Waals surface area contributed by atoms with Gasteiger partial charge in [0, 0.05) is 19.5 Å². The number of rotatable bonds is 7. The molecule has 0 N–H and O–H groups in total. The lowest BCUT2D eigenvalue weighted by Crippen LogP contribution is -2.51. The second-order valence-corrected chi connectivity index (χ2v) is 7.96. The number of aromatic nitrogens is 3. The van der Waals surface area contributed by atoms with Gasteiger partial charge in [0.05, 0.1) is 22.8 Å². The predicted octanol–water partition coefficient (Wildman–Crippen LogP) is 4.55. The van der Waals surface area contributed by atoms with E-state index in [-0.39, 0.29) is 29.8 Å². The van der Waals surface area contributed by atoms with Gasteiger partial charge in [-0.3, -0.25) is 4.79 Å². The molecule has 1 aliphatic rings. The Morgan fingerprint density at radius 2 is 1.91 bits per heavy atom. The zero-order valence-electron chi connectivity index (χ0n) is 16.9. The summed E-state index contributed by atoms with van der Waals surface area (Å²) in [4.78, 5) is 14.1. The van der Waals surface area contributed by atoms with Gasteiger partial charge in [0.25, 0.3) is 0 Å². The minimum atomic E-state index is -4.52. The summed E-state index contributed by atoms with van der Waals surface area (Å²) in [6.07, 6.45) is -2.39. The maximum absolute atomic E-state index is 13.0. The number of ether oxygens (including phenoxy) is 1. The largest absolute Gasteiger partial charge is 0.487 e. The average molecular weight is 465 g/mol. The van der Waals surface area contributed by atoms with Crippen LogP contribution in [0, 0.1) is 0 Å². The quantitative estimate of drug-likeness (QED) is 0.515. The number of para-hydroxylation sites is 1. The maximum Gasteiger partial charge on any atom is 0.417 e.